The maximum absolute atomic E-state index is 15.2. The van der Waals surface area contributed by atoms with E-state index >= 15 is 4.39 Å². The first-order valence-corrected chi connectivity index (χ1v) is 16.1. The van der Waals surface area contributed by atoms with Crippen molar-refractivity contribution in [2.24, 2.45) is 17.9 Å². The number of hydrogen-bond acceptors (Lipinski definition) is 14. The summed E-state index contributed by atoms with van der Waals surface area (Å²) in [6, 6.07) is 2.46. The van der Waals surface area contributed by atoms with Crippen molar-refractivity contribution in [1.29, 1.82) is 5.41 Å². The maximum atomic E-state index is 15.2. The number of anilines is 1. The van der Waals surface area contributed by atoms with Gasteiger partial charge < -0.3 is 40.6 Å². The number of aliphatic carboxylic acids is 1. The van der Waals surface area contributed by atoms with Crippen molar-refractivity contribution < 1.29 is 50.7 Å². The molecule has 0 spiro atoms. The van der Waals surface area contributed by atoms with E-state index in [0.29, 0.717) is 30.3 Å². The summed E-state index contributed by atoms with van der Waals surface area (Å²) in [4.78, 5) is 46.7. The third kappa shape index (κ3) is 7.79. The van der Waals surface area contributed by atoms with Gasteiger partial charge in [0.15, 0.2) is 10.8 Å². The Hall–Kier alpha value is -4.90. The van der Waals surface area contributed by atoms with Crippen molar-refractivity contribution in [3.05, 3.63) is 46.9 Å². The van der Waals surface area contributed by atoms with Crippen LogP contribution in [0.1, 0.15) is 26.0 Å². The first kappa shape index (κ1) is 35.9. The Morgan fingerprint density at radius 1 is 1.33 bits per heavy atom. The molecule has 8 N–H and O–H groups in total. The van der Waals surface area contributed by atoms with Crippen LogP contribution in [0.3, 0.4) is 0 Å². The number of halogens is 1. The molecular weight excluding hydrogens is 681 g/mol. The van der Waals surface area contributed by atoms with Crippen LogP contribution in [0.15, 0.2) is 34.9 Å². The smallest absolute Gasteiger partial charge is 0.418 e. The van der Waals surface area contributed by atoms with Gasteiger partial charge in [0.05, 0.1) is 11.2 Å². The van der Waals surface area contributed by atoms with Gasteiger partial charge in [-0.3, -0.25) is 19.6 Å². The van der Waals surface area contributed by atoms with E-state index in [1.165, 1.54) is 35.9 Å². The molecule has 0 saturated carbocycles. The molecule has 48 heavy (non-hydrogen) atoms. The lowest BCUT2D eigenvalue weighted by Crippen LogP contribution is -2.76. The van der Waals surface area contributed by atoms with Crippen LogP contribution in [0.5, 0.6) is 5.75 Å². The number of thiazole rings is 1. The number of amides is 2. The van der Waals surface area contributed by atoms with Gasteiger partial charge in [0.1, 0.15) is 29.9 Å². The molecule has 1 saturated heterocycles. The Morgan fingerprint density at radius 3 is 2.60 bits per heavy atom. The highest BCUT2D eigenvalue weighted by Gasteiger charge is 2.58. The Balaban J connectivity index is 1.49. The van der Waals surface area contributed by atoms with E-state index in [0.717, 1.165) is 17.4 Å². The molecule has 1 aliphatic rings. The van der Waals surface area contributed by atoms with E-state index in [1.807, 2.05) is 0 Å². The molecule has 2 amide bonds. The lowest BCUT2D eigenvalue weighted by Gasteiger charge is -2.50. The average molecular weight is 714 g/mol. The number of hydrogen-bond donors (Lipinski definition) is 6. The van der Waals surface area contributed by atoms with Crippen molar-refractivity contribution in [2.45, 2.75) is 44.5 Å². The van der Waals surface area contributed by atoms with Crippen molar-refractivity contribution in [2.75, 3.05) is 18.9 Å². The number of carbonyl (C=O) groups excluding carboxylic acids is 2. The standard InChI is InChI=1S/C26H32FN9O10S2/c1-26(2)20(22(38)36(26)46-48(41,42)43)32-21(37)19(16-12-47-24(29)31-16)33-45-18(23(39)40)11-44-13-5-6-14(15(27)9-13)17-10-35(8-4-7-28)25(30)34(17)3/h5-6,9-10,12,18,20,30H,4,7-8,11,28H2,1-3H3,(H2,29,31)(H,32,37)(H,39,40)(H,41,42,43)/b30-25?,33-19-/t18-,20+/m0/s1. The second-order valence-corrected chi connectivity index (χ2v) is 12.7. The van der Waals surface area contributed by atoms with Gasteiger partial charge in [-0.25, -0.2) is 14.2 Å². The lowest BCUT2D eigenvalue weighted by molar-refractivity contribution is -0.218. The summed E-state index contributed by atoms with van der Waals surface area (Å²) in [6.07, 6.45) is 0.424. The molecule has 0 radical (unpaired) electrons. The van der Waals surface area contributed by atoms with Crippen molar-refractivity contribution in [1.82, 2.24) is 24.5 Å². The molecule has 4 rings (SSSR count). The van der Waals surface area contributed by atoms with Crippen LogP contribution in [0.25, 0.3) is 11.3 Å². The van der Waals surface area contributed by atoms with Gasteiger partial charge >= 0.3 is 16.4 Å². The number of carboxylic acids is 1. The largest absolute Gasteiger partial charge is 0.489 e. The molecule has 2 aromatic heterocycles. The molecule has 1 aliphatic heterocycles. The average Bonchev–Trinajstić information content (AvgIpc) is 3.56. The second-order valence-electron chi connectivity index (χ2n) is 10.8. The SMILES string of the molecule is Cn1c(-c2ccc(OC[C@H](O/N=C(\C(=O)N[C@@H]3C(=O)N(OS(=O)(=O)O)C3(C)C)c3csc(N)n3)C(=O)O)cc2F)cn(CCCN)c1=N. The molecule has 1 aromatic carbocycles. The Morgan fingerprint density at radius 2 is 2.04 bits per heavy atom. The Kier molecular flexibility index (Phi) is 10.5. The zero-order valence-corrected chi connectivity index (χ0v) is 27.2. The fourth-order valence-corrected chi connectivity index (χ4v) is 5.53. The van der Waals surface area contributed by atoms with Crippen LogP contribution in [-0.2, 0) is 47.5 Å². The van der Waals surface area contributed by atoms with Gasteiger partial charge in [-0.05, 0) is 38.9 Å². The number of imidazole rings is 1. The number of ether oxygens (including phenoxy) is 1. The van der Waals surface area contributed by atoms with Crippen LogP contribution < -0.4 is 27.1 Å². The number of hydroxylamine groups is 2. The summed E-state index contributed by atoms with van der Waals surface area (Å²) in [7, 11) is -3.43. The van der Waals surface area contributed by atoms with E-state index in [2.05, 4.69) is 19.7 Å². The van der Waals surface area contributed by atoms with E-state index in [4.69, 9.17) is 31.0 Å². The predicted octanol–water partition coefficient (Wildman–Crippen LogP) is -0.407. The fraction of sp³-hybridized carbons (Fsp3) is 0.385. The normalized spacial score (nSPS) is 16.7. The number of oxime groups is 1. The molecule has 260 valence electrons. The van der Waals surface area contributed by atoms with Crippen molar-refractivity contribution in [3.63, 3.8) is 0 Å². The van der Waals surface area contributed by atoms with Gasteiger partial charge in [0.25, 0.3) is 17.9 Å². The highest BCUT2D eigenvalue weighted by molar-refractivity contribution is 7.80. The van der Waals surface area contributed by atoms with Crippen LogP contribution >= 0.6 is 11.3 Å². The lowest BCUT2D eigenvalue weighted by atomic mass is 9.84. The van der Waals surface area contributed by atoms with E-state index in [1.54, 1.807) is 17.8 Å². The van der Waals surface area contributed by atoms with Crippen LogP contribution in [-0.4, -0.2) is 91.6 Å². The number of nitrogen functional groups attached to an aromatic ring is 1. The summed E-state index contributed by atoms with van der Waals surface area (Å²) in [5.74, 6) is -4.44. The number of benzene rings is 1. The minimum atomic E-state index is -5.05. The number of β-lactam (4-membered cyclic amide) rings is 1. The summed E-state index contributed by atoms with van der Waals surface area (Å²) < 4.78 is 59.1. The Labute approximate surface area is 275 Å². The van der Waals surface area contributed by atoms with Crippen LogP contribution in [0, 0.1) is 11.2 Å². The van der Waals surface area contributed by atoms with E-state index in [-0.39, 0.29) is 27.8 Å². The third-order valence-electron chi connectivity index (χ3n) is 7.10. The van der Waals surface area contributed by atoms with Gasteiger partial charge in [-0.15, -0.1) is 15.6 Å². The molecule has 3 aromatic rings. The highest BCUT2D eigenvalue weighted by atomic mass is 32.3. The number of aryl methyl sites for hydroxylation is 1. The van der Waals surface area contributed by atoms with Crippen LogP contribution in [0.4, 0.5) is 9.52 Å². The van der Waals surface area contributed by atoms with E-state index in [9.17, 15) is 27.9 Å². The fourth-order valence-electron chi connectivity index (χ4n) is 4.53. The van der Waals surface area contributed by atoms with Crippen LogP contribution in [0.2, 0.25) is 0 Å². The minimum Gasteiger partial charge on any atom is -0.489 e. The maximum Gasteiger partial charge on any atom is 0.418 e. The molecule has 3 heterocycles. The number of aromatic nitrogens is 3. The molecule has 19 nitrogen and oxygen atoms in total. The highest BCUT2D eigenvalue weighted by Crippen LogP contribution is 2.33. The van der Waals surface area contributed by atoms with Crippen molar-refractivity contribution in [3.8, 4) is 17.0 Å². The summed E-state index contributed by atoms with van der Waals surface area (Å²) in [5.41, 5.74) is 9.75. The monoisotopic (exact) mass is 713 g/mol. The number of carboxylic acid groups (broad SMARTS) is 1. The quantitative estimate of drug-likeness (QED) is 0.0506. The van der Waals surface area contributed by atoms with Gasteiger partial charge in [-0.2, -0.15) is 13.5 Å². The van der Waals surface area contributed by atoms with Gasteiger partial charge in [0, 0.05) is 36.8 Å². The van der Waals surface area contributed by atoms with Gasteiger partial charge in [0.2, 0.25) is 5.62 Å². The molecule has 22 heteroatoms. The van der Waals surface area contributed by atoms with E-state index < -0.39 is 64.0 Å². The number of nitrogens with zero attached hydrogens (tertiary/aromatic N) is 5. The topological polar surface area (TPSA) is 280 Å². The molecule has 0 bridgehead atoms. The summed E-state index contributed by atoms with van der Waals surface area (Å²) in [5, 5.41) is 25.6. The molecule has 2 atom stereocenters. The number of rotatable bonds is 15. The summed E-state index contributed by atoms with van der Waals surface area (Å²) >= 11 is 0.917. The zero-order chi connectivity index (χ0) is 35.6. The predicted molar refractivity (Wildman–Crippen MR) is 165 cm³/mol. The molecule has 0 aliphatic carbocycles. The first-order valence-electron chi connectivity index (χ1n) is 13.9. The molecule has 1 fully saturated rings. The van der Waals surface area contributed by atoms with Crippen molar-refractivity contribution >= 4 is 50.4 Å². The number of carbonyl (C=O) groups is 3. The van der Waals surface area contributed by atoms with Gasteiger partial charge in [-0.1, -0.05) is 5.16 Å². The zero-order valence-electron chi connectivity index (χ0n) is 25.6. The molecule has 0 unspecified atom stereocenters. The third-order valence-corrected chi connectivity index (χ3v) is 8.11. The molecular formula is C26H32FN9O10S2. The minimum absolute atomic E-state index is 0.0153. The summed E-state index contributed by atoms with van der Waals surface area (Å²) in [6.45, 7) is 2.87. The number of nitrogens with one attached hydrogen (secondary N) is 2. The second kappa shape index (κ2) is 14.1. The first-order chi connectivity index (χ1) is 22.4. The Bertz CT molecular complexity index is 1920. The number of nitrogens with two attached hydrogens (primary N) is 2.